The molecule has 0 radical (unpaired) electrons. The van der Waals surface area contributed by atoms with Crippen molar-refractivity contribution in [2.24, 2.45) is 0 Å². The summed E-state index contributed by atoms with van der Waals surface area (Å²) in [5.41, 5.74) is 2.95. The Labute approximate surface area is 134 Å². The second-order valence-electron chi connectivity index (χ2n) is 6.29. The van der Waals surface area contributed by atoms with E-state index in [-0.39, 0.29) is 5.60 Å². The zero-order valence-electron chi connectivity index (χ0n) is 13.3. The van der Waals surface area contributed by atoms with Gasteiger partial charge in [-0.2, -0.15) is 5.26 Å². The van der Waals surface area contributed by atoms with Gasteiger partial charge in [0, 0.05) is 5.69 Å². The maximum absolute atomic E-state index is 8.93. The number of hydrogen-bond donors (Lipinski definition) is 2. The van der Waals surface area contributed by atoms with E-state index in [0.717, 1.165) is 22.5 Å². The van der Waals surface area contributed by atoms with E-state index in [1.165, 1.54) is 0 Å². The lowest BCUT2D eigenvalue weighted by molar-refractivity contribution is 0.131. The minimum absolute atomic E-state index is 0.216. The van der Waals surface area contributed by atoms with Crippen LogP contribution in [0, 0.1) is 11.3 Å². The van der Waals surface area contributed by atoms with Crippen LogP contribution in [0.5, 0.6) is 5.75 Å². The summed E-state index contributed by atoms with van der Waals surface area (Å²) < 4.78 is 5.80. The molecule has 0 spiro atoms. The van der Waals surface area contributed by atoms with Gasteiger partial charge in [-0.15, -0.1) is 0 Å². The predicted octanol–water partition coefficient (Wildman–Crippen LogP) is 4.36. The van der Waals surface area contributed by atoms with Crippen LogP contribution in [-0.2, 0) is 0 Å². The summed E-state index contributed by atoms with van der Waals surface area (Å²) in [6.45, 7) is 6.05. The largest absolute Gasteiger partial charge is 0.488 e. The van der Waals surface area contributed by atoms with Crippen molar-refractivity contribution in [2.45, 2.75) is 26.4 Å². The molecule has 0 unspecified atom stereocenters. The maximum Gasteiger partial charge on any atom is 0.205 e. The third-order valence-electron chi connectivity index (χ3n) is 3.15. The van der Waals surface area contributed by atoms with Gasteiger partial charge < -0.3 is 15.0 Å². The molecule has 0 saturated carbocycles. The first-order chi connectivity index (χ1) is 10.9. The van der Waals surface area contributed by atoms with E-state index in [4.69, 9.17) is 10.00 Å². The highest BCUT2D eigenvalue weighted by Crippen LogP contribution is 2.23. The second-order valence-corrected chi connectivity index (χ2v) is 6.29. The molecule has 1 aromatic heterocycles. The quantitative estimate of drug-likeness (QED) is 0.754. The SMILES string of the molecule is CC(C)(C)Oc1ccc(Nc2nc3ccc(C#N)cc3[nH]2)cc1. The number of aromatic amines is 1. The zero-order valence-corrected chi connectivity index (χ0v) is 13.3. The number of imidazole rings is 1. The lowest BCUT2D eigenvalue weighted by atomic mass is 10.2. The molecule has 2 aromatic carbocycles. The second kappa shape index (κ2) is 5.65. The van der Waals surface area contributed by atoms with Crippen molar-refractivity contribution in [1.29, 1.82) is 5.26 Å². The molecule has 2 N–H and O–H groups in total. The number of ether oxygens (including phenoxy) is 1. The van der Waals surface area contributed by atoms with Crippen LogP contribution in [0.2, 0.25) is 0 Å². The molecule has 0 fully saturated rings. The van der Waals surface area contributed by atoms with Gasteiger partial charge >= 0.3 is 0 Å². The Morgan fingerprint density at radius 2 is 1.87 bits per heavy atom. The van der Waals surface area contributed by atoms with E-state index in [2.05, 4.69) is 21.4 Å². The average molecular weight is 306 g/mol. The fourth-order valence-electron chi connectivity index (χ4n) is 2.23. The van der Waals surface area contributed by atoms with Gasteiger partial charge in [0.15, 0.2) is 0 Å². The highest BCUT2D eigenvalue weighted by molar-refractivity contribution is 5.79. The van der Waals surface area contributed by atoms with Gasteiger partial charge in [-0.1, -0.05) is 0 Å². The van der Waals surface area contributed by atoms with Crippen molar-refractivity contribution in [3.63, 3.8) is 0 Å². The number of rotatable bonds is 3. The Bertz CT molecular complexity index is 867. The Hall–Kier alpha value is -3.00. The van der Waals surface area contributed by atoms with Gasteiger partial charge in [-0.25, -0.2) is 4.98 Å². The number of nitriles is 1. The summed E-state index contributed by atoms with van der Waals surface area (Å²) in [4.78, 5) is 7.62. The van der Waals surface area contributed by atoms with E-state index >= 15 is 0 Å². The third-order valence-corrected chi connectivity index (χ3v) is 3.15. The van der Waals surface area contributed by atoms with Crippen LogP contribution in [0.25, 0.3) is 11.0 Å². The van der Waals surface area contributed by atoms with E-state index in [9.17, 15) is 0 Å². The zero-order chi connectivity index (χ0) is 16.4. The third kappa shape index (κ3) is 3.61. The Morgan fingerprint density at radius 3 is 2.52 bits per heavy atom. The molecule has 0 amide bonds. The highest BCUT2D eigenvalue weighted by atomic mass is 16.5. The average Bonchev–Trinajstić information content (AvgIpc) is 2.89. The van der Waals surface area contributed by atoms with E-state index < -0.39 is 0 Å². The number of fused-ring (bicyclic) bond motifs is 1. The number of benzene rings is 2. The molecule has 3 aromatic rings. The van der Waals surface area contributed by atoms with E-state index in [1.807, 2.05) is 51.1 Å². The van der Waals surface area contributed by atoms with E-state index in [1.54, 1.807) is 12.1 Å². The van der Waals surface area contributed by atoms with Crippen molar-refractivity contribution in [3.8, 4) is 11.8 Å². The number of aromatic nitrogens is 2. The molecule has 0 bridgehead atoms. The minimum Gasteiger partial charge on any atom is -0.488 e. The van der Waals surface area contributed by atoms with Gasteiger partial charge in [-0.05, 0) is 63.2 Å². The van der Waals surface area contributed by atoms with Gasteiger partial charge in [-0.3, -0.25) is 0 Å². The summed E-state index contributed by atoms with van der Waals surface area (Å²) in [7, 11) is 0. The van der Waals surface area contributed by atoms with Crippen LogP contribution in [0.4, 0.5) is 11.6 Å². The van der Waals surface area contributed by atoms with Crippen molar-refractivity contribution in [2.75, 3.05) is 5.32 Å². The van der Waals surface area contributed by atoms with Crippen LogP contribution in [0.1, 0.15) is 26.3 Å². The molecule has 0 aliphatic rings. The standard InChI is InChI=1S/C18H18N4O/c1-18(2,3)23-14-7-5-13(6-8-14)20-17-21-15-9-4-12(11-19)10-16(15)22-17/h4-10H,1-3H3,(H2,20,21,22). The van der Waals surface area contributed by atoms with Crippen molar-refractivity contribution in [1.82, 2.24) is 9.97 Å². The highest BCUT2D eigenvalue weighted by Gasteiger charge is 2.11. The molecule has 5 nitrogen and oxygen atoms in total. The Balaban J connectivity index is 1.78. The van der Waals surface area contributed by atoms with Gasteiger partial charge in [0.1, 0.15) is 11.4 Å². The summed E-state index contributed by atoms with van der Waals surface area (Å²) in [5.74, 6) is 1.46. The van der Waals surface area contributed by atoms with Crippen LogP contribution in [0.15, 0.2) is 42.5 Å². The normalized spacial score (nSPS) is 11.2. The summed E-state index contributed by atoms with van der Waals surface area (Å²) >= 11 is 0. The molecule has 5 heteroatoms. The first-order valence-electron chi connectivity index (χ1n) is 7.39. The monoisotopic (exact) mass is 306 g/mol. The van der Waals surface area contributed by atoms with Crippen molar-refractivity contribution < 1.29 is 4.74 Å². The van der Waals surface area contributed by atoms with Crippen LogP contribution in [-0.4, -0.2) is 15.6 Å². The summed E-state index contributed by atoms with van der Waals surface area (Å²) in [6.07, 6.45) is 0. The van der Waals surface area contributed by atoms with Gasteiger partial charge in [0.25, 0.3) is 0 Å². The molecular weight excluding hydrogens is 288 g/mol. The molecule has 23 heavy (non-hydrogen) atoms. The van der Waals surface area contributed by atoms with Crippen molar-refractivity contribution >= 4 is 22.7 Å². The number of nitrogens with zero attached hydrogens (tertiary/aromatic N) is 2. The number of anilines is 2. The Kier molecular flexibility index (Phi) is 3.67. The van der Waals surface area contributed by atoms with Crippen LogP contribution in [0.3, 0.4) is 0 Å². The minimum atomic E-state index is -0.216. The van der Waals surface area contributed by atoms with E-state index in [0.29, 0.717) is 11.5 Å². The summed E-state index contributed by atoms with van der Waals surface area (Å²) in [6, 6.07) is 15.2. The van der Waals surface area contributed by atoms with Gasteiger partial charge in [0.05, 0.1) is 22.7 Å². The first-order valence-corrected chi connectivity index (χ1v) is 7.39. The number of hydrogen-bond acceptors (Lipinski definition) is 4. The van der Waals surface area contributed by atoms with Crippen LogP contribution < -0.4 is 10.1 Å². The Morgan fingerprint density at radius 1 is 1.13 bits per heavy atom. The number of nitrogens with one attached hydrogen (secondary N) is 2. The molecule has 0 aliphatic heterocycles. The molecule has 0 saturated heterocycles. The lowest BCUT2D eigenvalue weighted by Crippen LogP contribution is -2.22. The number of H-pyrrole nitrogens is 1. The summed E-state index contributed by atoms with van der Waals surface area (Å²) in [5, 5.41) is 12.1. The lowest BCUT2D eigenvalue weighted by Gasteiger charge is -2.21. The molecule has 116 valence electrons. The smallest absolute Gasteiger partial charge is 0.205 e. The van der Waals surface area contributed by atoms with Crippen LogP contribution >= 0.6 is 0 Å². The fourth-order valence-corrected chi connectivity index (χ4v) is 2.23. The molecule has 3 rings (SSSR count). The molecule has 1 heterocycles. The first kappa shape index (κ1) is 14.9. The topological polar surface area (TPSA) is 73.7 Å². The van der Waals surface area contributed by atoms with Crippen molar-refractivity contribution in [3.05, 3.63) is 48.0 Å². The predicted molar refractivity (Wildman–Crippen MR) is 90.9 cm³/mol. The fraction of sp³-hybridized carbons (Fsp3) is 0.222. The maximum atomic E-state index is 8.93. The molecule has 0 atom stereocenters. The van der Waals surface area contributed by atoms with Gasteiger partial charge in [0.2, 0.25) is 5.95 Å². The molecular formula is C18H18N4O. The molecule has 0 aliphatic carbocycles.